The van der Waals surface area contributed by atoms with Crippen molar-refractivity contribution >= 4 is 17.4 Å². The second kappa shape index (κ2) is 4.37. The van der Waals surface area contributed by atoms with Crippen molar-refractivity contribution in [1.29, 1.82) is 0 Å². The van der Waals surface area contributed by atoms with E-state index in [0.717, 1.165) is 5.56 Å². The molecule has 0 aliphatic heterocycles. The van der Waals surface area contributed by atoms with E-state index in [1.807, 2.05) is 24.3 Å². The highest BCUT2D eigenvalue weighted by atomic mass is 35.5. The summed E-state index contributed by atoms with van der Waals surface area (Å²) in [6, 6.07) is 7.46. The first-order chi connectivity index (χ1) is 7.72. The number of nitrogens with zero attached hydrogens (tertiary/aromatic N) is 2. The molecular weight excluding hydrogens is 226 g/mol. The van der Waals surface area contributed by atoms with Gasteiger partial charge in [-0.3, -0.25) is 0 Å². The van der Waals surface area contributed by atoms with Crippen molar-refractivity contribution in [2.75, 3.05) is 12.8 Å². The van der Waals surface area contributed by atoms with Crippen LogP contribution in [0.2, 0.25) is 5.02 Å². The molecule has 5 heteroatoms. The zero-order valence-electron chi connectivity index (χ0n) is 8.64. The molecule has 1 aromatic heterocycles. The van der Waals surface area contributed by atoms with Gasteiger partial charge in [0.05, 0.1) is 18.9 Å². The number of methoxy groups -OCH3 is 1. The summed E-state index contributed by atoms with van der Waals surface area (Å²) in [6.45, 7) is 0. The molecular formula is C11H10ClN3O. The second-order valence-corrected chi connectivity index (χ2v) is 3.53. The first kappa shape index (κ1) is 10.7. The molecule has 2 N–H and O–H groups in total. The third-order valence-electron chi connectivity index (χ3n) is 2.12. The van der Waals surface area contributed by atoms with Crippen LogP contribution in [0.3, 0.4) is 0 Å². The maximum atomic E-state index is 5.76. The van der Waals surface area contributed by atoms with Crippen LogP contribution in [0.5, 0.6) is 5.75 Å². The Kier molecular flexibility index (Phi) is 2.92. The predicted octanol–water partition coefficient (Wildman–Crippen LogP) is 2.39. The SMILES string of the molecule is COc1ccccc1-c1ncc(Cl)c(N)n1. The van der Waals surface area contributed by atoms with Gasteiger partial charge >= 0.3 is 0 Å². The standard InChI is InChI=1S/C11H10ClN3O/c1-16-9-5-3-2-4-7(9)11-14-6-8(12)10(13)15-11/h2-6H,1H3,(H2,13,14,15). The number of aromatic nitrogens is 2. The van der Waals surface area contributed by atoms with Gasteiger partial charge in [0.2, 0.25) is 0 Å². The molecule has 0 saturated carbocycles. The fraction of sp³-hybridized carbons (Fsp3) is 0.0909. The molecule has 1 aromatic carbocycles. The Morgan fingerprint density at radius 2 is 2.06 bits per heavy atom. The van der Waals surface area contributed by atoms with Crippen molar-refractivity contribution in [3.05, 3.63) is 35.5 Å². The van der Waals surface area contributed by atoms with Gasteiger partial charge in [-0.2, -0.15) is 0 Å². The fourth-order valence-electron chi connectivity index (χ4n) is 1.34. The van der Waals surface area contributed by atoms with Crippen molar-refractivity contribution in [2.45, 2.75) is 0 Å². The lowest BCUT2D eigenvalue weighted by molar-refractivity contribution is 0.416. The minimum atomic E-state index is 0.262. The monoisotopic (exact) mass is 235 g/mol. The molecule has 0 amide bonds. The predicted molar refractivity (Wildman–Crippen MR) is 63.4 cm³/mol. The Morgan fingerprint density at radius 1 is 1.31 bits per heavy atom. The fourth-order valence-corrected chi connectivity index (χ4v) is 1.43. The minimum Gasteiger partial charge on any atom is -0.496 e. The molecule has 0 fully saturated rings. The third-order valence-corrected chi connectivity index (χ3v) is 2.41. The van der Waals surface area contributed by atoms with Crippen LogP contribution >= 0.6 is 11.6 Å². The van der Waals surface area contributed by atoms with Gasteiger partial charge in [-0.05, 0) is 12.1 Å². The molecule has 0 aliphatic rings. The topological polar surface area (TPSA) is 61.0 Å². The molecule has 2 rings (SSSR count). The Hall–Kier alpha value is -1.81. The van der Waals surface area contributed by atoms with Crippen LogP contribution in [0.4, 0.5) is 5.82 Å². The third kappa shape index (κ3) is 1.92. The van der Waals surface area contributed by atoms with E-state index in [0.29, 0.717) is 16.6 Å². The molecule has 0 saturated heterocycles. The zero-order valence-corrected chi connectivity index (χ0v) is 9.40. The van der Waals surface area contributed by atoms with Crippen molar-refractivity contribution in [2.24, 2.45) is 0 Å². The number of benzene rings is 1. The molecule has 0 radical (unpaired) electrons. The number of halogens is 1. The largest absolute Gasteiger partial charge is 0.496 e. The molecule has 0 atom stereocenters. The Morgan fingerprint density at radius 3 is 2.75 bits per heavy atom. The average molecular weight is 236 g/mol. The maximum Gasteiger partial charge on any atom is 0.165 e. The quantitative estimate of drug-likeness (QED) is 0.868. The van der Waals surface area contributed by atoms with Gasteiger partial charge in [-0.25, -0.2) is 9.97 Å². The van der Waals surface area contributed by atoms with Crippen LogP contribution in [0.1, 0.15) is 0 Å². The van der Waals surface area contributed by atoms with E-state index in [9.17, 15) is 0 Å². The van der Waals surface area contributed by atoms with E-state index in [1.54, 1.807) is 7.11 Å². The zero-order chi connectivity index (χ0) is 11.5. The first-order valence-electron chi connectivity index (χ1n) is 4.64. The van der Waals surface area contributed by atoms with Crippen LogP contribution in [-0.4, -0.2) is 17.1 Å². The smallest absolute Gasteiger partial charge is 0.165 e. The van der Waals surface area contributed by atoms with Crippen LogP contribution in [0.25, 0.3) is 11.4 Å². The molecule has 16 heavy (non-hydrogen) atoms. The van der Waals surface area contributed by atoms with Crippen LogP contribution < -0.4 is 10.5 Å². The molecule has 0 unspecified atom stereocenters. The van der Waals surface area contributed by atoms with Crippen LogP contribution in [-0.2, 0) is 0 Å². The van der Waals surface area contributed by atoms with E-state index < -0.39 is 0 Å². The van der Waals surface area contributed by atoms with Crippen molar-refractivity contribution in [3.8, 4) is 17.1 Å². The first-order valence-corrected chi connectivity index (χ1v) is 5.01. The lowest BCUT2D eigenvalue weighted by Crippen LogP contribution is -1.97. The maximum absolute atomic E-state index is 5.76. The number of nitrogen functional groups attached to an aromatic ring is 1. The van der Waals surface area contributed by atoms with Crippen molar-refractivity contribution < 1.29 is 4.74 Å². The Balaban J connectivity index is 2.54. The summed E-state index contributed by atoms with van der Waals surface area (Å²) in [7, 11) is 1.60. The highest BCUT2D eigenvalue weighted by Gasteiger charge is 2.09. The van der Waals surface area contributed by atoms with Gasteiger partial charge in [0.15, 0.2) is 5.82 Å². The summed E-state index contributed by atoms with van der Waals surface area (Å²) in [6.07, 6.45) is 1.48. The van der Waals surface area contributed by atoms with E-state index >= 15 is 0 Å². The number of ether oxygens (including phenoxy) is 1. The highest BCUT2D eigenvalue weighted by Crippen LogP contribution is 2.28. The molecule has 0 spiro atoms. The molecule has 0 bridgehead atoms. The van der Waals surface area contributed by atoms with Gasteiger partial charge in [0.25, 0.3) is 0 Å². The summed E-state index contributed by atoms with van der Waals surface area (Å²) < 4.78 is 5.22. The molecule has 4 nitrogen and oxygen atoms in total. The van der Waals surface area contributed by atoms with E-state index in [2.05, 4.69) is 9.97 Å². The van der Waals surface area contributed by atoms with E-state index in [-0.39, 0.29) is 5.82 Å². The normalized spacial score (nSPS) is 10.1. The molecule has 1 heterocycles. The number of anilines is 1. The summed E-state index contributed by atoms with van der Waals surface area (Å²) in [5.74, 6) is 1.46. The number of hydrogen-bond acceptors (Lipinski definition) is 4. The highest BCUT2D eigenvalue weighted by molar-refractivity contribution is 6.32. The number of nitrogens with two attached hydrogens (primary N) is 1. The van der Waals surface area contributed by atoms with Crippen LogP contribution in [0, 0.1) is 0 Å². The molecule has 0 aliphatic carbocycles. The second-order valence-electron chi connectivity index (χ2n) is 3.13. The van der Waals surface area contributed by atoms with Gasteiger partial charge < -0.3 is 10.5 Å². The minimum absolute atomic E-state index is 0.262. The molecule has 2 aromatic rings. The molecule has 82 valence electrons. The lowest BCUT2D eigenvalue weighted by Gasteiger charge is -2.07. The van der Waals surface area contributed by atoms with Gasteiger partial charge in [-0.15, -0.1) is 0 Å². The summed E-state index contributed by atoms with van der Waals surface area (Å²) in [5, 5.41) is 0.346. The van der Waals surface area contributed by atoms with Crippen molar-refractivity contribution in [3.63, 3.8) is 0 Å². The van der Waals surface area contributed by atoms with Crippen LogP contribution in [0.15, 0.2) is 30.5 Å². The summed E-state index contributed by atoms with van der Waals surface area (Å²) in [5.41, 5.74) is 6.41. The number of rotatable bonds is 2. The lowest BCUT2D eigenvalue weighted by atomic mass is 10.2. The summed E-state index contributed by atoms with van der Waals surface area (Å²) in [4.78, 5) is 8.22. The number of hydrogen-bond donors (Lipinski definition) is 1. The van der Waals surface area contributed by atoms with Gasteiger partial charge in [0, 0.05) is 0 Å². The van der Waals surface area contributed by atoms with Gasteiger partial charge in [0.1, 0.15) is 16.6 Å². The Bertz CT molecular complexity index is 516. The average Bonchev–Trinajstić information content (AvgIpc) is 2.32. The van der Waals surface area contributed by atoms with E-state index in [4.69, 9.17) is 22.1 Å². The van der Waals surface area contributed by atoms with Gasteiger partial charge in [-0.1, -0.05) is 23.7 Å². The van der Waals surface area contributed by atoms with E-state index in [1.165, 1.54) is 6.20 Å². The Labute approximate surface area is 98.0 Å². The number of para-hydroxylation sites is 1. The summed E-state index contributed by atoms with van der Waals surface area (Å²) >= 11 is 5.76. The van der Waals surface area contributed by atoms with Crippen molar-refractivity contribution in [1.82, 2.24) is 9.97 Å².